The zero-order chi connectivity index (χ0) is 14.7. The second kappa shape index (κ2) is 5.60. The first-order valence-corrected chi connectivity index (χ1v) is 6.03. The zero-order valence-electron chi connectivity index (χ0n) is 11.1. The fraction of sp³-hybridized carbons (Fsp3) is 0.308. The molecule has 1 N–H and O–H groups in total. The Hall–Kier alpha value is -2.57. The van der Waals surface area contributed by atoms with Gasteiger partial charge in [-0.25, -0.2) is 9.59 Å². The minimum Gasteiger partial charge on any atom is -0.475 e. The molecule has 7 heteroatoms. The molecule has 0 aromatic carbocycles. The van der Waals surface area contributed by atoms with Gasteiger partial charge in [-0.1, -0.05) is 0 Å². The van der Waals surface area contributed by atoms with Crippen LogP contribution >= 0.6 is 0 Å². The Bertz CT molecular complexity index is 641. The number of hydrogen-bond donors (Lipinski definition) is 1. The van der Waals surface area contributed by atoms with Crippen LogP contribution < -0.4 is 0 Å². The molecule has 2 aromatic heterocycles. The molecule has 7 nitrogen and oxygen atoms in total. The van der Waals surface area contributed by atoms with Gasteiger partial charge in [0.25, 0.3) is 0 Å². The third-order valence-electron chi connectivity index (χ3n) is 2.71. The number of carboxylic acids is 1. The van der Waals surface area contributed by atoms with Gasteiger partial charge in [0.05, 0.1) is 24.9 Å². The molecule has 0 saturated heterocycles. The van der Waals surface area contributed by atoms with Crippen molar-refractivity contribution in [1.82, 2.24) is 9.78 Å². The monoisotopic (exact) mass is 278 g/mol. The van der Waals surface area contributed by atoms with Crippen molar-refractivity contribution < 1.29 is 23.8 Å². The lowest BCUT2D eigenvalue weighted by molar-refractivity contribution is 0.0525. The summed E-state index contributed by atoms with van der Waals surface area (Å²) in [5.74, 6) is -1.16. The number of nitrogens with zero attached hydrogens (tertiary/aromatic N) is 2. The molecule has 0 radical (unpaired) electrons. The minimum absolute atomic E-state index is 0.115. The fourth-order valence-corrected chi connectivity index (χ4v) is 1.73. The molecule has 0 unspecified atom stereocenters. The molecule has 0 spiro atoms. The van der Waals surface area contributed by atoms with Crippen molar-refractivity contribution in [2.24, 2.45) is 0 Å². The van der Waals surface area contributed by atoms with Crippen LogP contribution in [-0.2, 0) is 11.3 Å². The van der Waals surface area contributed by atoms with Crippen LogP contribution in [0.4, 0.5) is 0 Å². The van der Waals surface area contributed by atoms with Crippen molar-refractivity contribution in [3.8, 4) is 0 Å². The first kappa shape index (κ1) is 13.9. The standard InChI is InChI=1S/C13H14N2O5/c1-3-19-13(18)10-5-14-15(7-10)6-9-4-11(12(16)17)20-8(9)2/h4-5,7H,3,6H2,1-2H3,(H,16,17). The minimum atomic E-state index is -1.12. The topological polar surface area (TPSA) is 94.6 Å². The largest absolute Gasteiger partial charge is 0.475 e. The number of carboxylic acid groups (broad SMARTS) is 1. The Labute approximate surface area is 114 Å². The number of carbonyl (C=O) groups is 2. The maximum atomic E-state index is 11.5. The Balaban J connectivity index is 2.14. The highest BCUT2D eigenvalue weighted by atomic mass is 16.5. The van der Waals surface area contributed by atoms with Gasteiger partial charge < -0.3 is 14.3 Å². The summed E-state index contributed by atoms with van der Waals surface area (Å²) in [6, 6.07) is 1.45. The van der Waals surface area contributed by atoms with Crippen LogP contribution in [-0.4, -0.2) is 33.4 Å². The Morgan fingerprint density at radius 2 is 2.25 bits per heavy atom. The van der Waals surface area contributed by atoms with E-state index in [4.69, 9.17) is 14.3 Å². The van der Waals surface area contributed by atoms with E-state index in [1.807, 2.05) is 0 Å². The van der Waals surface area contributed by atoms with Crippen molar-refractivity contribution in [1.29, 1.82) is 0 Å². The van der Waals surface area contributed by atoms with Crippen LogP contribution in [0.5, 0.6) is 0 Å². The second-order valence-corrected chi connectivity index (χ2v) is 4.14. The van der Waals surface area contributed by atoms with Gasteiger partial charge in [0.2, 0.25) is 5.76 Å². The summed E-state index contributed by atoms with van der Waals surface area (Å²) in [6.45, 7) is 4.02. The molecule has 2 aromatic rings. The van der Waals surface area contributed by atoms with E-state index < -0.39 is 11.9 Å². The summed E-state index contributed by atoms with van der Waals surface area (Å²) in [7, 11) is 0. The molecular weight excluding hydrogens is 264 g/mol. The van der Waals surface area contributed by atoms with E-state index in [0.29, 0.717) is 30.0 Å². The van der Waals surface area contributed by atoms with Crippen LogP contribution in [0.25, 0.3) is 0 Å². The molecule has 2 rings (SSSR count). The predicted molar refractivity (Wildman–Crippen MR) is 67.7 cm³/mol. The van der Waals surface area contributed by atoms with Crippen molar-refractivity contribution in [2.75, 3.05) is 6.61 Å². The smallest absolute Gasteiger partial charge is 0.371 e. The average Bonchev–Trinajstić information content (AvgIpc) is 2.98. The molecule has 0 aliphatic rings. The first-order valence-electron chi connectivity index (χ1n) is 6.03. The van der Waals surface area contributed by atoms with Gasteiger partial charge in [0.1, 0.15) is 5.76 Å². The van der Waals surface area contributed by atoms with Gasteiger partial charge in [-0.05, 0) is 19.9 Å². The highest BCUT2D eigenvalue weighted by molar-refractivity contribution is 5.88. The molecule has 0 bridgehead atoms. The highest BCUT2D eigenvalue weighted by Gasteiger charge is 2.15. The lowest BCUT2D eigenvalue weighted by Gasteiger charge is -1.99. The maximum Gasteiger partial charge on any atom is 0.371 e. The summed E-state index contributed by atoms with van der Waals surface area (Å²) >= 11 is 0. The average molecular weight is 278 g/mol. The van der Waals surface area contributed by atoms with E-state index in [1.54, 1.807) is 20.0 Å². The van der Waals surface area contributed by atoms with E-state index in [9.17, 15) is 9.59 Å². The number of aryl methyl sites for hydroxylation is 1. The maximum absolute atomic E-state index is 11.5. The molecule has 0 aliphatic carbocycles. The van der Waals surface area contributed by atoms with Crippen LogP contribution in [0.2, 0.25) is 0 Å². The van der Waals surface area contributed by atoms with Crippen molar-refractivity contribution in [3.05, 3.63) is 41.1 Å². The first-order chi connectivity index (χ1) is 9.51. The number of carbonyl (C=O) groups excluding carboxylic acids is 1. The highest BCUT2D eigenvalue weighted by Crippen LogP contribution is 2.16. The van der Waals surface area contributed by atoms with Gasteiger partial charge in [0, 0.05) is 11.8 Å². The lowest BCUT2D eigenvalue weighted by Crippen LogP contribution is -2.04. The third kappa shape index (κ3) is 2.87. The number of esters is 1. The Kier molecular flexibility index (Phi) is 3.88. The van der Waals surface area contributed by atoms with Gasteiger partial charge >= 0.3 is 11.9 Å². The van der Waals surface area contributed by atoms with Gasteiger partial charge in [-0.3, -0.25) is 4.68 Å². The number of aromatic nitrogens is 2. The third-order valence-corrected chi connectivity index (χ3v) is 2.71. The van der Waals surface area contributed by atoms with Gasteiger partial charge in [0.15, 0.2) is 0 Å². The lowest BCUT2D eigenvalue weighted by atomic mass is 10.2. The number of hydrogen-bond acceptors (Lipinski definition) is 5. The summed E-state index contributed by atoms with van der Waals surface area (Å²) in [5.41, 5.74) is 1.05. The van der Waals surface area contributed by atoms with Crippen LogP contribution in [0.1, 0.15) is 39.2 Å². The Morgan fingerprint density at radius 3 is 2.85 bits per heavy atom. The summed E-state index contributed by atoms with van der Waals surface area (Å²) < 4.78 is 11.5. The van der Waals surface area contributed by atoms with Crippen molar-refractivity contribution in [2.45, 2.75) is 20.4 Å². The molecule has 106 valence electrons. The number of ether oxygens (including phenoxy) is 1. The van der Waals surface area contributed by atoms with Crippen LogP contribution in [0, 0.1) is 6.92 Å². The van der Waals surface area contributed by atoms with E-state index in [-0.39, 0.29) is 5.76 Å². The molecule has 0 aliphatic heterocycles. The van der Waals surface area contributed by atoms with Crippen LogP contribution in [0.3, 0.4) is 0 Å². The van der Waals surface area contributed by atoms with Gasteiger partial charge in [-0.15, -0.1) is 0 Å². The predicted octanol–water partition coefficient (Wildman–Crippen LogP) is 1.71. The van der Waals surface area contributed by atoms with Crippen molar-refractivity contribution in [3.63, 3.8) is 0 Å². The summed E-state index contributed by atoms with van der Waals surface area (Å²) in [4.78, 5) is 22.3. The Morgan fingerprint density at radius 1 is 1.50 bits per heavy atom. The quantitative estimate of drug-likeness (QED) is 0.836. The molecule has 20 heavy (non-hydrogen) atoms. The molecule has 0 atom stereocenters. The van der Waals surface area contributed by atoms with E-state index in [2.05, 4.69) is 5.10 Å². The molecule has 0 fully saturated rings. The van der Waals surface area contributed by atoms with E-state index in [1.165, 1.54) is 16.9 Å². The number of furan rings is 1. The normalized spacial score (nSPS) is 10.5. The second-order valence-electron chi connectivity index (χ2n) is 4.14. The molecular formula is C13H14N2O5. The van der Waals surface area contributed by atoms with Crippen molar-refractivity contribution >= 4 is 11.9 Å². The number of rotatable bonds is 5. The summed E-state index contributed by atoms with van der Waals surface area (Å²) in [5, 5.41) is 12.9. The summed E-state index contributed by atoms with van der Waals surface area (Å²) in [6.07, 6.45) is 2.95. The number of aromatic carboxylic acids is 1. The van der Waals surface area contributed by atoms with E-state index >= 15 is 0 Å². The molecule has 0 amide bonds. The van der Waals surface area contributed by atoms with E-state index in [0.717, 1.165) is 0 Å². The van der Waals surface area contributed by atoms with Crippen LogP contribution in [0.15, 0.2) is 22.9 Å². The molecule has 2 heterocycles. The molecule has 0 saturated carbocycles. The zero-order valence-corrected chi connectivity index (χ0v) is 11.1. The van der Waals surface area contributed by atoms with Gasteiger partial charge in [-0.2, -0.15) is 5.10 Å². The fourth-order valence-electron chi connectivity index (χ4n) is 1.73. The SMILES string of the molecule is CCOC(=O)c1cnn(Cc2cc(C(=O)O)oc2C)c1.